The SMILES string of the molecule is O=C(NC1CCN(C(=O)/C=C/C2CCOCC2)CC1)c1ccccc1. The highest BCUT2D eigenvalue weighted by Gasteiger charge is 2.23. The van der Waals surface area contributed by atoms with Crippen LogP contribution in [-0.2, 0) is 9.53 Å². The normalized spacial score (nSPS) is 19.9. The van der Waals surface area contributed by atoms with Crippen LogP contribution in [0.15, 0.2) is 42.5 Å². The molecule has 25 heavy (non-hydrogen) atoms. The van der Waals surface area contributed by atoms with E-state index in [4.69, 9.17) is 4.74 Å². The van der Waals surface area contributed by atoms with Crippen molar-refractivity contribution in [2.75, 3.05) is 26.3 Å². The number of rotatable bonds is 4. The van der Waals surface area contributed by atoms with Crippen molar-refractivity contribution >= 4 is 11.8 Å². The van der Waals surface area contributed by atoms with Crippen LogP contribution in [0.4, 0.5) is 0 Å². The van der Waals surface area contributed by atoms with Gasteiger partial charge >= 0.3 is 0 Å². The van der Waals surface area contributed by atoms with Crippen molar-refractivity contribution in [3.05, 3.63) is 48.0 Å². The van der Waals surface area contributed by atoms with E-state index in [1.165, 1.54) is 0 Å². The summed E-state index contributed by atoms with van der Waals surface area (Å²) in [7, 11) is 0. The van der Waals surface area contributed by atoms with Crippen LogP contribution >= 0.6 is 0 Å². The molecule has 0 saturated carbocycles. The van der Waals surface area contributed by atoms with Gasteiger partial charge in [-0.3, -0.25) is 9.59 Å². The van der Waals surface area contributed by atoms with Crippen molar-refractivity contribution in [1.82, 2.24) is 10.2 Å². The van der Waals surface area contributed by atoms with E-state index in [1.807, 2.05) is 41.3 Å². The summed E-state index contributed by atoms with van der Waals surface area (Å²) in [6.07, 6.45) is 7.35. The van der Waals surface area contributed by atoms with Gasteiger partial charge in [-0.05, 0) is 49.8 Å². The first-order valence-electron chi connectivity index (χ1n) is 9.13. The Balaban J connectivity index is 1.42. The van der Waals surface area contributed by atoms with Crippen LogP contribution in [-0.4, -0.2) is 49.1 Å². The Bertz CT molecular complexity index is 601. The summed E-state index contributed by atoms with van der Waals surface area (Å²) >= 11 is 0. The molecular weight excluding hydrogens is 316 g/mol. The van der Waals surface area contributed by atoms with Gasteiger partial charge in [-0.15, -0.1) is 0 Å². The van der Waals surface area contributed by atoms with Crippen molar-refractivity contribution in [2.45, 2.75) is 31.7 Å². The number of likely N-dealkylation sites (tertiary alicyclic amines) is 1. The lowest BCUT2D eigenvalue weighted by molar-refractivity contribution is -0.127. The molecule has 2 heterocycles. The lowest BCUT2D eigenvalue weighted by Gasteiger charge is -2.32. The fourth-order valence-corrected chi connectivity index (χ4v) is 3.33. The fourth-order valence-electron chi connectivity index (χ4n) is 3.33. The van der Waals surface area contributed by atoms with Gasteiger partial charge in [0.1, 0.15) is 0 Å². The first-order valence-corrected chi connectivity index (χ1v) is 9.13. The predicted octanol–water partition coefficient (Wildman–Crippen LogP) is 2.39. The van der Waals surface area contributed by atoms with Crippen molar-refractivity contribution in [1.29, 1.82) is 0 Å². The van der Waals surface area contributed by atoms with Gasteiger partial charge in [-0.25, -0.2) is 0 Å². The van der Waals surface area contributed by atoms with Crippen LogP contribution in [0.2, 0.25) is 0 Å². The number of allylic oxidation sites excluding steroid dienone is 1. The molecule has 1 aromatic carbocycles. The molecule has 2 amide bonds. The van der Waals surface area contributed by atoms with Gasteiger partial charge in [0.15, 0.2) is 0 Å². The van der Waals surface area contributed by atoms with Crippen LogP contribution < -0.4 is 5.32 Å². The molecule has 2 aliphatic rings. The molecule has 2 aliphatic heterocycles. The second-order valence-corrected chi connectivity index (χ2v) is 6.75. The lowest BCUT2D eigenvalue weighted by Crippen LogP contribution is -2.46. The molecule has 0 unspecified atom stereocenters. The number of hydrogen-bond acceptors (Lipinski definition) is 3. The van der Waals surface area contributed by atoms with Crippen molar-refractivity contribution < 1.29 is 14.3 Å². The quantitative estimate of drug-likeness (QED) is 0.855. The van der Waals surface area contributed by atoms with Gasteiger partial charge in [-0.2, -0.15) is 0 Å². The van der Waals surface area contributed by atoms with Crippen molar-refractivity contribution in [3.63, 3.8) is 0 Å². The number of carbonyl (C=O) groups excluding carboxylic acids is 2. The van der Waals surface area contributed by atoms with Gasteiger partial charge in [0, 0.05) is 37.9 Å². The molecule has 5 nitrogen and oxygen atoms in total. The van der Waals surface area contributed by atoms with E-state index in [0.29, 0.717) is 24.6 Å². The second kappa shape index (κ2) is 8.81. The molecular formula is C20H26N2O3. The largest absolute Gasteiger partial charge is 0.381 e. The second-order valence-electron chi connectivity index (χ2n) is 6.75. The zero-order valence-corrected chi connectivity index (χ0v) is 14.5. The summed E-state index contributed by atoms with van der Waals surface area (Å²) in [5.41, 5.74) is 0.681. The van der Waals surface area contributed by atoms with Crippen LogP contribution in [0.3, 0.4) is 0 Å². The predicted molar refractivity (Wildman–Crippen MR) is 96.2 cm³/mol. The number of hydrogen-bond donors (Lipinski definition) is 1. The summed E-state index contributed by atoms with van der Waals surface area (Å²) in [6, 6.07) is 9.39. The topological polar surface area (TPSA) is 58.6 Å². The van der Waals surface area contributed by atoms with E-state index in [0.717, 1.165) is 38.9 Å². The highest BCUT2D eigenvalue weighted by molar-refractivity contribution is 5.94. The van der Waals surface area contributed by atoms with Gasteiger partial charge in [0.05, 0.1) is 0 Å². The molecule has 0 spiro atoms. The molecule has 0 aliphatic carbocycles. The summed E-state index contributed by atoms with van der Waals surface area (Å²) in [4.78, 5) is 26.4. The summed E-state index contributed by atoms with van der Waals surface area (Å²) in [5.74, 6) is 0.504. The number of ether oxygens (including phenoxy) is 1. The number of nitrogens with zero attached hydrogens (tertiary/aromatic N) is 1. The van der Waals surface area contributed by atoms with Gasteiger partial charge in [-0.1, -0.05) is 24.3 Å². The summed E-state index contributed by atoms with van der Waals surface area (Å²) in [5, 5.41) is 3.07. The van der Waals surface area contributed by atoms with E-state index in [9.17, 15) is 9.59 Å². The molecule has 5 heteroatoms. The minimum Gasteiger partial charge on any atom is -0.381 e. The molecule has 2 fully saturated rings. The van der Waals surface area contributed by atoms with E-state index >= 15 is 0 Å². The van der Waals surface area contributed by atoms with E-state index in [1.54, 1.807) is 6.08 Å². The number of benzene rings is 1. The Morgan fingerprint density at radius 3 is 2.40 bits per heavy atom. The number of nitrogens with one attached hydrogen (secondary N) is 1. The zero-order valence-electron chi connectivity index (χ0n) is 14.5. The third-order valence-electron chi connectivity index (χ3n) is 4.95. The fraction of sp³-hybridized carbons (Fsp3) is 0.500. The Morgan fingerprint density at radius 1 is 1.04 bits per heavy atom. The molecule has 0 atom stereocenters. The molecule has 134 valence electrons. The third kappa shape index (κ3) is 5.16. The lowest BCUT2D eigenvalue weighted by atomic mass is 9.99. The zero-order chi connectivity index (χ0) is 17.5. The molecule has 0 aromatic heterocycles. The number of carbonyl (C=O) groups is 2. The Hall–Kier alpha value is -2.14. The smallest absolute Gasteiger partial charge is 0.251 e. The number of piperidine rings is 1. The molecule has 1 aromatic rings. The van der Waals surface area contributed by atoms with Crippen LogP contribution in [0.1, 0.15) is 36.0 Å². The molecule has 1 N–H and O–H groups in total. The maximum Gasteiger partial charge on any atom is 0.251 e. The van der Waals surface area contributed by atoms with Crippen molar-refractivity contribution in [2.24, 2.45) is 5.92 Å². The first kappa shape index (κ1) is 17.7. The summed E-state index contributed by atoms with van der Waals surface area (Å²) < 4.78 is 5.33. The van der Waals surface area contributed by atoms with E-state index in [-0.39, 0.29) is 17.9 Å². The van der Waals surface area contributed by atoms with Gasteiger partial charge < -0.3 is 15.0 Å². The molecule has 2 saturated heterocycles. The maximum absolute atomic E-state index is 12.3. The Kier molecular flexibility index (Phi) is 6.23. The molecule has 3 rings (SSSR count). The molecule has 0 bridgehead atoms. The van der Waals surface area contributed by atoms with Crippen LogP contribution in [0, 0.1) is 5.92 Å². The van der Waals surface area contributed by atoms with E-state index in [2.05, 4.69) is 5.32 Å². The molecule has 0 radical (unpaired) electrons. The number of amides is 2. The maximum atomic E-state index is 12.3. The standard InChI is InChI=1S/C20H26N2O3/c23-19(7-6-16-10-14-25-15-11-16)22-12-8-18(9-13-22)21-20(24)17-4-2-1-3-5-17/h1-7,16,18H,8-15H2,(H,21,24)/b7-6+. The Morgan fingerprint density at radius 2 is 1.72 bits per heavy atom. The minimum absolute atomic E-state index is 0.0372. The highest BCUT2D eigenvalue weighted by atomic mass is 16.5. The first-order chi connectivity index (χ1) is 12.2. The average molecular weight is 342 g/mol. The third-order valence-corrected chi connectivity index (χ3v) is 4.95. The van der Waals surface area contributed by atoms with Gasteiger partial charge in [0.2, 0.25) is 5.91 Å². The van der Waals surface area contributed by atoms with Crippen molar-refractivity contribution in [3.8, 4) is 0 Å². The average Bonchev–Trinajstić information content (AvgIpc) is 2.68. The van der Waals surface area contributed by atoms with Crippen LogP contribution in [0.5, 0.6) is 0 Å². The Labute approximate surface area is 149 Å². The van der Waals surface area contributed by atoms with Crippen LogP contribution in [0.25, 0.3) is 0 Å². The monoisotopic (exact) mass is 342 g/mol. The summed E-state index contributed by atoms with van der Waals surface area (Å²) in [6.45, 7) is 2.96. The minimum atomic E-state index is -0.0372. The van der Waals surface area contributed by atoms with Gasteiger partial charge in [0.25, 0.3) is 5.91 Å². The highest BCUT2D eigenvalue weighted by Crippen LogP contribution is 2.17. The van der Waals surface area contributed by atoms with E-state index < -0.39 is 0 Å².